The molecule has 0 bridgehead atoms. The summed E-state index contributed by atoms with van der Waals surface area (Å²) in [5, 5.41) is 15.1. The Morgan fingerprint density at radius 2 is 1.71 bits per heavy atom. The van der Waals surface area contributed by atoms with E-state index in [1.807, 2.05) is 30.3 Å². The summed E-state index contributed by atoms with van der Waals surface area (Å²) >= 11 is 0. The van der Waals surface area contributed by atoms with Gasteiger partial charge < -0.3 is 15.3 Å². The Balaban J connectivity index is 1.70. The van der Waals surface area contributed by atoms with Gasteiger partial charge in [0.05, 0.1) is 17.4 Å². The van der Waals surface area contributed by atoms with Crippen LogP contribution in [-0.4, -0.2) is 51.0 Å². The molecule has 3 aromatic carbocycles. The molecule has 3 N–H and O–H groups in total. The van der Waals surface area contributed by atoms with Gasteiger partial charge in [-0.3, -0.25) is 25.1 Å². The molecule has 1 unspecified atom stereocenters. The number of nitro groups is 1. The van der Waals surface area contributed by atoms with E-state index >= 15 is 0 Å². The quantitative estimate of drug-likeness (QED) is 0.145. The second-order valence-electron chi connectivity index (χ2n) is 10.2. The average Bonchev–Trinajstić information content (AvgIpc) is 3.01. The van der Waals surface area contributed by atoms with Crippen LogP contribution in [0.2, 0.25) is 0 Å². The van der Waals surface area contributed by atoms with Crippen LogP contribution in [0.4, 0.5) is 14.9 Å². The average molecular weight is 619 g/mol. The zero-order chi connectivity index (χ0) is 32.5. The predicted octanol–water partition coefficient (Wildman–Crippen LogP) is 4.24. The van der Waals surface area contributed by atoms with Crippen molar-refractivity contribution in [2.75, 3.05) is 0 Å². The molecule has 0 radical (unpaired) electrons. The zero-order valence-corrected chi connectivity index (χ0v) is 24.5. The van der Waals surface area contributed by atoms with E-state index in [4.69, 9.17) is 15.3 Å². The van der Waals surface area contributed by atoms with Gasteiger partial charge in [-0.25, -0.2) is 14.0 Å². The number of nitrogens with one attached hydrogen (secondary N) is 1. The topological polar surface area (TPSA) is 170 Å². The Morgan fingerprint density at radius 1 is 1.07 bits per heavy atom. The van der Waals surface area contributed by atoms with Gasteiger partial charge in [-0.2, -0.15) is 0 Å². The highest BCUT2D eigenvalue weighted by Gasteiger charge is 2.41. The lowest BCUT2D eigenvalue weighted by Gasteiger charge is -2.39. The molecule has 0 fully saturated rings. The van der Waals surface area contributed by atoms with Crippen LogP contribution >= 0.6 is 0 Å². The third-order valence-corrected chi connectivity index (χ3v) is 6.40. The predicted molar refractivity (Wildman–Crippen MR) is 161 cm³/mol. The maximum atomic E-state index is 14.6. The first-order valence-electron chi connectivity index (χ1n) is 13.9. The molecular weight excluding hydrogens is 587 g/mol. The molecule has 2 amide bonds. The third kappa shape index (κ3) is 8.70. The first kappa shape index (κ1) is 32.3. The van der Waals surface area contributed by atoms with Crippen LogP contribution in [-0.2, 0) is 32.2 Å². The normalized spacial score (nSPS) is 15.1. The number of ether oxygens (including phenoxy) is 1. The van der Waals surface area contributed by atoms with E-state index in [0.29, 0.717) is 23.1 Å². The van der Waals surface area contributed by atoms with E-state index in [1.165, 1.54) is 6.20 Å². The highest BCUT2D eigenvalue weighted by atomic mass is 19.1. The number of guanidine groups is 1. The summed E-state index contributed by atoms with van der Waals surface area (Å²) < 4.78 is 19.7. The molecule has 234 valence electrons. The van der Waals surface area contributed by atoms with E-state index < -0.39 is 46.5 Å². The summed E-state index contributed by atoms with van der Waals surface area (Å²) in [4.78, 5) is 60.4. The largest absolute Gasteiger partial charge is 0.443 e. The molecule has 0 aliphatic carbocycles. The standard InChI is InChI=1S/C31H31FN6O7/c1-20(2)34-28-29(40)37(45-27(39)14-13-21-9-5-3-6-10-21)26(23-15-24(32)17-25(16-23)38(42)43)18-36(28)30(33)35-31(41)44-19-22-11-7-4-8-12-22/h3-12,15-18,20,28,34H,13-14,19H2,1-2H3,(H2,33,35,41). The number of hydroxylamine groups is 2. The molecule has 0 saturated carbocycles. The Morgan fingerprint density at radius 3 is 2.33 bits per heavy atom. The van der Waals surface area contributed by atoms with Gasteiger partial charge >= 0.3 is 12.1 Å². The molecule has 4 rings (SSSR count). The van der Waals surface area contributed by atoms with E-state index in [2.05, 4.69) is 10.3 Å². The fourth-order valence-corrected chi connectivity index (χ4v) is 4.33. The summed E-state index contributed by atoms with van der Waals surface area (Å²) in [6.45, 7) is 3.38. The van der Waals surface area contributed by atoms with Crippen LogP contribution in [0.3, 0.4) is 0 Å². The number of halogens is 1. The van der Waals surface area contributed by atoms with Crippen LogP contribution in [0.5, 0.6) is 0 Å². The lowest BCUT2D eigenvalue weighted by molar-refractivity contribution is -0.385. The molecule has 0 spiro atoms. The number of hydrogen-bond acceptors (Lipinski definition) is 8. The first-order chi connectivity index (χ1) is 21.5. The smallest absolute Gasteiger partial charge is 0.437 e. The summed E-state index contributed by atoms with van der Waals surface area (Å²) in [7, 11) is 0. The monoisotopic (exact) mass is 618 g/mol. The minimum absolute atomic E-state index is 0.0934. The molecule has 14 heteroatoms. The highest BCUT2D eigenvalue weighted by molar-refractivity contribution is 5.99. The van der Waals surface area contributed by atoms with Crippen LogP contribution in [0.1, 0.15) is 37.0 Å². The second kappa shape index (κ2) is 14.7. The maximum Gasteiger partial charge on any atom is 0.437 e. The maximum absolute atomic E-state index is 14.6. The van der Waals surface area contributed by atoms with Gasteiger partial charge in [0.25, 0.3) is 11.6 Å². The third-order valence-electron chi connectivity index (χ3n) is 6.40. The number of amides is 2. The number of nitro benzene ring substituents is 1. The minimum atomic E-state index is -1.36. The van der Waals surface area contributed by atoms with Crippen molar-refractivity contribution in [1.82, 2.24) is 15.3 Å². The number of hydrogen-bond donors (Lipinski definition) is 2. The fourth-order valence-electron chi connectivity index (χ4n) is 4.33. The fraction of sp³-hybridized carbons (Fsp3) is 0.226. The lowest BCUT2D eigenvalue weighted by Crippen LogP contribution is -2.61. The number of carbonyl (C=O) groups excluding carboxylic acids is 3. The molecule has 13 nitrogen and oxygen atoms in total. The number of aliphatic imine (C=N–C) groups is 1. The number of nitrogens with zero attached hydrogens (tertiary/aromatic N) is 4. The van der Waals surface area contributed by atoms with Gasteiger partial charge in [-0.15, -0.1) is 10.1 Å². The van der Waals surface area contributed by atoms with Crippen molar-refractivity contribution >= 4 is 35.3 Å². The number of benzene rings is 3. The number of rotatable bonds is 10. The Labute approximate surface area is 257 Å². The molecule has 3 aromatic rings. The van der Waals surface area contributed by atoms with Crippen molar-refractivity contribution < 1.29 is 33.3 Å². The van der Waals surface area contributed by atoms with Crippen molar-refractivity contribution in [1.29, 1.82) is 0 Å². The Kier molecular flexibility index (Phi) is 10.5. The summed E-state index contributed by atoms with van der Waals surface area (Å²) in [6.07, 6.45) is -1.06. The number of carbonyl (C=O) groups is 3. The molecule has 1 aliphatic heterocycles. The molecular formula is C31H31FN6O7. The van der Waals surface area contributed by atoms with Crippen molar-refractivity contribution in [3.63, 3.8) is 0 Å². The van der Waals surface area contributed by atoms with Crippen molar-refractivity contribution in [2.45, 2.75) is 45.5 Å². The molecule has 1 aliphatic rings. The zero-order valence-electron chi connectivity index (χ0n) is 24.5. The van der Waals surface area contributed by atoms with Gasteiger partial charge in [0.15, 0.2) is 6.17 Å². The van der Waals surface area contributed by atoms with Crippen molar-refractivity contribution in [3.05, 3.63) is 118 Å². The van der Waals surface area contributed by atoms with Gasteiger partial charge in [-0.1, -0.05) is 60.7 Å². The molecule has 0 aromatic heterocycles. The molecule has 45 heavy (non-hydrogen) atoms. The van der Waals surface area contributed by atoms with E-state index in [1.54, 1.807) is 44.2 Å². The second-order valence-corrected chi connectivity index (χ2v) is 10.2. The van der Waals surface area contributed by atoms with E-state index in [0.717, 1.165) is 22.6 Å². The van der Waals surface area contributed by atoms with Crippen LogP contribution in [0.25, 0.3) is 5.70 Å². The van der Waals surface area contributed by atoms with Crippen LogP contribution in [0.15, 0.2) is 90.1 Å². The number of aryl methyl sites for hydroxylation is 1. The van der Waals surface area contributed by atoms with Gasteiger partial charge in [0.1, 0.15) is 18.1 Å². The van der Waals surface area contributed by atoms with Crippen molar-refractivity contribution in [2.24, 2.45) is 10.7 Å². The lowest BCUT2D eigenvalue weighted by atomic mass is 10.1. The van der Waals surface area contributed by atoms with Crippen LogP contribution < -0.4 is 11.1 Å². The molecule has 1 atom stereocenters. The van der Waals surface area contributed by atoms with E-state index in [9.17, 15) is 28.9 Å². The van der Waals surface area contributed by atoms with Gasteiger partial charge in [-0.05, 0) is 37.5 Å². The van der Waals surface area contributed by atoms with Crippen molar-refractivity contribution in [3.8, 4) is 0 Å². The van der Waals surface area contributed by atoms with Crippen LogP contribution in [0, 0.1) is 15.9 Å². The van der Waals surface area contributed by atoms with E-state index in [-0.39, 0.29) is 30.3 Å². The summed E-state index contributed by atoms with van der Waals surface area (Å²) in [5.74, 6) is -3.16. The summed E-state index contributed by atoms with van der Waals surface area (Å²) in [5.41, 5.74) is 6.67. The molecule has 1 heterocycles. The molecule has 0 saturated heterocycles. The van der Waals surface area contributed by atoms with Gasteiger partial charge in [0.2, 0.25) is 5.96 Å². The SMILES string of the molecule is CC(C)NC1C(=O)N(OC(=O)CCc2ccccc2)C(c2cc(F)cc([N+](=O)[O-])c2)=CN1C(N)=NC(=O)OCc1ccccc1. The highest BCUT2D eigenvalue weighted by Crippen LogP contribution is 2.30. The summed E-state index contributed by atoms with van der Waals surface area (Å²) in [6, 6.07) is 20.2. The Bertz CT molecular complexity index is 1620. The van der Waals surface area contributed by atoms with Gasteiger partial charge in [0, 0.05) is 23.9 Å². The number of non-ortho nitro benzene ring substituents is 1. The first-order valence-corrected chi connectivity index (χ1v) is 13.9. The number of nitrogens with two attached hydrogens (primary N) is 1. The Hall–Kier alpha value is -5.63. The minimum Gasteiger partial charge on any atom is -0.443 e.